The number of benzene rings is 2. The number of hydrogen-bond acceptors (Lipinski definition) is 6. The third-order valence-electron chi connectivity index (χ3n) is 4.77. The maximum absolute atomic E-state index is 10.8. The van der Waals surface area contributed by atoms with E-state index in [0.717, 1.165) is 11.0 Å². The molecular formula is C20H20N4O4. The molecule has 0 radical (unpaired) electrons. The van der Waals surface area contributed by atoms with Crippen molar-refractivity contribution in [1.82, 2.24) is 9.97 Å². The Morgan fingerprint density at radius 2 is 1.82 bits per heavy atom. The van der Waals surface area contributed by atoms with Crippen molar-refractivity contribution < 1.29 is 19.7 Å². The van der Waals surface area contributed by atoms with Crippen LogP contribution in [0.15, 0.2) is 48.2 Å². The van der Waals surface area contributed by atoms with E-state index in [4.69, 9.17) is 14.9 Å². The molecule has 8 nitrogen and oxygen atoms in total. The number of nitrogens with zero attached hydrogens (tertiary/aromatic N) is 2. The molecule has 4 N–H and O–H groups in total. The molecule has 0 saturated carbocycles. The number of aromatic nitrogens is 2. The van der Waals surface area contributed by atoms with Gasteiger partial charge in [0.2, 0.25) is 0 Å². The number of ether oxygens (including phenoxy) is 2. The largest absolute Gasteiger partial charge is 0.509 e. The number of aliphatic hydroxyl groups is 2. The van der Waals surface area contributed by atoms with Gasteiger partial charge >= 0.3 is 0 Å². The number of H-pyrrole nitrogens is 1. The van der Waals surface area contributed by atoms with Gasteiger partial charge in [-0.05, 0) is 12.1 Å². The number of fused-ring (bicyclic) bond motifs is 1. The zero-order valence-electron chi connectivity index (χ0n) is 15.4. The van der Waals surface area contributed by atoms with Crippen molar-refractivity contribution in [3.8, 4) is 11.5 Å². The number of amidine groups is 1. The Morgan fingerprint density at radius 1 is 1.14 bits per heavy atom. The van der Waals surface area contributed by atoms with Gasteiger partial charge in [0.1, 0.15) is 35.0 Å². The van der Waals surface area contributed by atoms with Crippen molar-refractivity contribution in [2.45, 2.75) is 6.04 Å². The Labute approximate surface area is 161 Å². The van der Waals surface area contributed by atoms with Crippen LogP contribution in [0.5, 0.6) is 11.5 Å². The molecule has 8 heteroatoms. The summed E-state index contributed by atoms with van der Waals surface area (Å²) >= 11 is 0. The molecule has 1 aromatic heterocycles. The summed E-state index contributed by atoms with van der Waals surface area (Å²) in [5.74, 6) is 1.35. The second-order valence-electron chi connectivity index (χ2n) is 6.35. The number of anilines is 1. The Kier molecular flexibility index (Phi) is 4.40. The molecule has 3 aromatic rings. The highest BCUT2D eigenvalue weighted by Crippen LogP contribution is 2.38. The predicted molar refractivity (Wildman–Crippen MR) is 106 cm³/mol. The van der Waals surface area contributed by atoms with Crippen molar-refractivity contribution >= 4 is 28.1 Å². The number of hydrogen-bond donors (Lipinski definition) is 4. The highest BCUT2D eigenvalue weighted by atomic mass is 16.5. The van der Waals surface area contributed by atoms with Crippen LogP contribution < -0.4 is 14.4 Å². The molecule has 2 heterocycles. The standard InChI is InChI=1S/C20H20N4O4/c1-27-12-7-11(8-13(9-12)28-2)24-16(10-25)18(26)17(19(24)21)20-22-14-5-3-4-6-15(14)23-20/h3-9,16,21,25-26H,10H2,1-2H3,(H,22,23). The molecule has 1 unspecified atom stereocenters. The number of imidazole rings is 1. The van der Waals surface area contributed by atoms with E-state index in [0.29, 0.717) is 23.0 Å². The summed E-state index contributed by atoms with van der Waals surface area (Å²) < 4.78 is 10.6. The molecule has 1 aliphatic heterocycles. The summed E-state index contributed by atoms with van der Waals surface area (Å²) in [5.41, 5.74) is 2.33. The first-order chi connectivity index (χ1) is 13.6. The van der Waals surface area contributed by atoms with Crippen LogP contribution in [-0.2, 0) is 0 Å². The lowest BCUT2D eigenvalue weighted by Gasteiger charge is -2.26. The molecule has 0 bridgehead atoms. The van der Waals surface area contributed by atoms with E-state index in [1.54, 1.807) is 18.2 Å². The number of aliphatic hydroxyl groups excluding tert-OH is 2. The van der Waals surface area contributed by atoms with Gasteiger partial charge in [-0.3, -0.25) is 5.41 Å². The number of methoxy groups -OCH3 is 2. The minimum absolute atomic E-state index is 0.0194. The SMILES string of the molecule is COc1cc(OC)cc(N2C(=N)C(c3nc4ccccc4[nH]3)=C(O)C2CO)c1. The van der Waals surface area contributed by atoms with Crippen LogP contribution in [0.1, 0.15) is 5.82 Å². The summed E-state index contributed by atoms with van der Waals surface area (Å²) in [6.07, 6.45) is 0. The summed E-state index contributed by atoms with van der Waals surface area (Å²) in [4.78, 5) is 9.15. The van der Waals surface area contributed by atoms with Crippen molar-refractivity contribution in [3.63, 3.8) is 0 Å². The molecule has 4 rings (SSSR count). The van der Waals surface area contributed by atoms with Gasteiger partial charge in [-0.2, -0.15) is 0 Å². The second kappa shape index (κ2) is 6.90. The van der Waals surface area contributed by atoms with Crippen LogP contribution in [0.3, 0.4) is 0 Å². The smallest absolute Gasteiger partial charge is 0.145 e. The summed E-state index contributed by atoms with van der Waals surface area (Å²) in [6.45, 7) is -0.378. The van der Waals surface area contributed by atoms with Gasteiger partial charge in [0.05, 0.1) is 43.1 Å². The first-order valence-electron chi connectivity index (χ1n) is 8.67. The van der Waals surface area contributed by atoms with Crippen molar-refractivity contribution in [2.75, 3.05) is 25.7 Å². The fraction of sp³-hybridized carbons (Fsp3) is 0.200. The van der Waals surface area contributed by atoms with Crippen LogP contribution in [-0.4, -0.2) is 52.9 Å². The Hall–Kier alpha value is -3.52. The molecule has 144 valence electrons. The van der Waals surface area contributed by atoms with E-state index in [2.05, 4.69) is 9.97 Å². The van der Waals surface area contributed by atoms with Crippen LogP contribution in [0, 0.1) is 5.41 Å². The fourth-order valence-corrected chi connectivity index (χ4v) is 3.40. The van der Waals surface area contributed by atoms with Gasteiger partial charge in [-0.25, -0.2) is 4.98 Å². The third-order valence-corrected chi connectivity index (χ3v) is 4.77. The highest BCUT2D eigenvalue weighted by molar-refractivity contribution is 6.31. The van der Waals surface area contributed by atoms with E-state index >= 15 is 0 Å². The van der Waals surface area contributed by atoms with E-state index < -0.39 is 6.04 Å². The average molecular weight is 380 g/mol. The molecule has 1 atom stereocenters. The first kappa shape index (κ1) is 17.9. The third kappa shape index (κ3) is 2.74. The zero-order valence-corrected chi connectivity index (χ0v) is 15.4. The molecule has 0 fully saturated rings. The van der Waals surface area contributed by atoms with Gasteiger partial charge in [-0.15, -0.1) is 0 Å². The lowest BCUT2D eigenvalue weighted by Crippen LogP contribution is -2.38. The molecule has 2 aromatic carbocycles. The minimum Gasteiger partial charge on any atom is -0.509 e. The fourth-order valence-electron chi connectivity index (χ4n) is 3.40. The van der Waals surface area contributed by atoms with Crippen LogP contribution in [0.25, 0.3) is 16.6 Å². The topological polar surface area (TPSA) is 115 Å². The van der Waals surface area contributed by atoms with E-state index in [9.17, 15) is 10.2 Å². The molecular weight excluding hydrogens is 360 g/mol. The van der Waals surface area contributed by atoms with Crippen molar-refractivity contribution in [3.05, 3.63) is 54.0 Å². The highest BCUT2D eigenvalue weighted by Gasteiger charge is 2.39. The maximum Gasteiger partial charge on any atom is 0.145 e. The van der Waals surface area contributed by atoms with Gasteiger partial charge in [0, 0.05) is 18.2 Å². The molecule has 0 saturated heterocycles. The van der Waals surface area contributed by atoms with Crippen molar-refractivity contribution in [2.24, 2.45) is 0 Å². The summed E-state index contributed by atoms with van der Waals surface area (Å²) in [7, 11) is 3.07. The normalized spacial score (nSPS) is 16.9. The number of nitrogens with one attached hydrogen (secondary N) is 2. The van der Waals surface area contributed by atoms with Crippen LogP contribution >= 0.6 is 0 Å². The first-order valence-corrected chi connectivity index (χ1v) is 8.67. The average Bonchev–Trinajstić information content (AvgIpc) is 3.24. The lowest BCUT2D eigenvalue weighted by atomic mass is 10.2. The van der Waals surface area contributed by atoms with Gasteiger partial charge in [-0.1, -0.05) is 12.1 Å². The van der Waals surface area contributed by atoms with Gasteiger partial charge < -0.3 is 29.6 Å². The van der Waals surface area contributed by atoms with Crippen molar-refractivity contribution in [1.29, 1.82) is 5.41 Å². The van der Waals surface area contributed by atoms with Gasteiger partial charge in [0.25, 0.3) is 0 Å². The van der Waals surface area contributed by atoms with E-state index in [1.165, 1.54) is 19.1 Å². The lowest BCUT2D eigenvalue weighted by molar-refractivity contribution is 0.248. The molecule has 1 aliphatic rings. The van der Waals surface area contributed by atoms with E-state index in [1.807, 2.05) is 24.3 Å². The maximum atomic E-state index is 10.8. The minimum atomic E-state index is -0.812. The quantitative estimate of drug-likeness (QED) is 0.541. The van der Waals surface area contributed by atoms with Gasteiger partial charge in [0.15, 0.2) is 0 Å². The molecule has 0 amide bonds. The Bertz CT molecular complexity index is 1030. The monoisotopic (exact) mass is 380 g/mol. The van der Waals surface area contributed by atoms with E-state index in [-0.39, 0.29) is 23.8 Å². The van der Waals surface area contributed by atoms with Crippen LogP contribution in [0.2, 0.25) is 0 Å². The number of para-hydroxylation sites is 2. The Balaban J connectivity index is 1.81. The summed E-state index contributed by atoms with van der Waals surface area (Å²) in [6, 6.07) is 11.8. The number of aromatic amines is 1. The molecule has 0 spiro atoms. The molecule has 0 aliphatic carbocycles. The molecule has 28 heavy (non-hydrogen) atoms. The van der Waals surface area contributed by atoms with Crippen LogP contribution in [0.4, 0.5) is 5.69 Å². The Morgan fingerprint density at radius 3 is 2.43 bits per heavy atom. The zero-order chi connectivity index (χ0) is 19.8. The second-order valence-corrected chi connectivity index (χ2v) is 6.35. The predicted octanol–water partition coefficient (Wildman–Crippen LogP) is 2.71. The summed E-state index contributed by atoms with van der Waals surface area (Å²) in [5, 5.41) is 29.4. The number of rotatable bonds is 5.